The van der Waals surface area contributed by atoms with E-state index in [1.807, 2.05) is 4.90 Å². The van der Waals surface area contributed by atoms with E-state index >= 15 is 0 Å². The molecule has 1 aliphatic heterocycles. The molecule has 0 unspecified atom stereocenters. The van der Waals surface area contributed by atoms with Crippen molar-refractivity contribution in [3.63, 3.8) is 0 Å². The molecule has 0 spiro atoms. The summed E-state index contributed by atoms with van der Waals surface area (Å²) in [6.45, 7) is 2.54. The second-order valence-corrected chi connectivity index (χ2v) is 7.42. The fourth-order valence-corrected chi connectivity index (χ4v) is 3.78. The van der Waals surface area contributed by atoms with Crippen LogP contribution in [0.4, 0.5) is 4.79 Å². The average molecular weight is 352 g/mol. The molecule has 2 rings (SSSR count). The van der Waals surface area contributed by atoms with Gasteiger partial charge in [-0.2, -0.15) is 0 Å². The first kappa shape index (κ1) is 19.5. The largest absolute Gasteiger partial charge is 0.344 e. The Hall–Kier alpha value is -1.79. The van der Waals surface area contributed by atoms with Crippen LogP contribution in [0.15, 0.2) is 0 Å². The van der Waals surface area contributed by atoms with Crippen molar-refractivity contribution < 1.29 is 14.4 Å². The zero-order valence-electron chi connectivity index (χ0n) is 15.8. The summed E-state index contributed by atoms with van der Waals surface area (Å²) in [5.74, 6) is -0.171. The van der Waals surface area contributed by atoms with E-state index in [2.05, 4.69) is 5.32 Å². The zero-order valence-corrected chi connectivity index (χ0v) is 15.8. The van der Waals surface area contributed by atoms with Gasteiger partial charge in [0.1, 0.15) is 0 Å². The number of hydrogen-bond acceptors (Lipinski definition) is 3. The fourth-order valence-electron chi connectivity index (χ4n) is 3.78. The van der Waals surface area contributed by atoms with E-state index in [-0.39, 0.29) is 29.7 Å². The Bertz CT molecular complexity index is 489. The molecule has 2 atom stereocenters. The standard InChI is InChI=1S/C18H32N4O3/c1-20(2)18(25)19-10-13-21(3)16(23)14-8-4-5-9-15(14)17(24)22-11-6-7-12-22/h14-15H,4-13H2,1-3H3,(H,19,25)/t14-,15-/m1/s1. The Morgan fingerprint density at radius 3 is 2.16 bits per heavy atom. The lowest BCUT2D eigenvalue weighted by molar-refractivity contribution is -0.146. The van der Waals surface area contributed by atoms with Gasteiger partial charge in [-0.15, -0.1) is 0 Å². The third-order valence-corrected chi connectivity index (χ3v) is 5.32. The van der Waals surface area contributed by atoms with Crippen molar-refractivity contribution in [2.45, 2.75) is 38.5 Å². The molecule has 7 nitrogen and oxygen atoms in total. The zero-order chi connectivity index (χ0) is 18.4. The highest BCUT2D eigenvalue weighted by atomic mass is 16.2. The van der Waals surface area contributed by atoms with Crippen LogP contribution in [0, 0.1) is 11.8 Å². The van der Waals surface area contributed by atoms with Crippen molar-refractivity contribution in [2.75, 3.05) is 47.3 Å². The Kier molecular flexibility index (Phi) is 7.08. The number of rotatable bonds is 5. The van der Waals surface area contributed by atoms with Gasteiger partial charge in [0.05, 0.1) is 0 Å². The van der Waals surface area contributed by atoms with Gasteiger partial charge < -0.3 is 20.0 Å². The normalized spacial score (nSPS) is 23.2. The quantitative estimate of drug-likeness (QED) is 0.806. The molecular weight excluding hydrogens is 320 g/mol. The van der Waals surface area contributed by atoms with Crippen LogP contribution >= 0.6 is 0 Å². The number of likely N-dealkylation sites (tertiary alicyclic amines) is 1. The highest BCUT2D eigenvalue weighted by molar-refractivity contribution is 5.88. The van der Waals surface area contributed by atoms with Crippen LogP contribution in [0.1, 0.15) is 38.5 Å². The molecule has 1 N–H and O–H groups in total. The van der Waals surface area contributed by atoms with E-state index in [4.69, 9.17) is 0 Å². The van der Waals surface area contributed by atoms with Crippen LogP contribution < -0.4 is 5.32 Å². The van der Waals surface area contributed by atoms with Crippen LogP contribution in [0.3, 0.4) is 0 Å². The highest BCUT2D eigenvalue weighted by Gasteiger charge is 2.39. The van der Waals surface area contributed by atoms with Crippen LogP contribution in [-0.2, 0) is 9.59 Å². The SMILES string of the molecule is CN(C)C(=O)NCCN(C)C(=O)[C@@H]1CCCC[C@H]1C(=O)N1CCCC1. The summed E-state index contributed by atoms with van der Waals surface area (Å²) in [7, 11) is 5.12. The number of likely N-dealkylation sites (N-methyl/N-ethyl adjacent to an activating group) is 1. The van der Waals surface area contributed by atoms with Gasteiger partial charge in [-0.25, -0.2) is 4.79 Å². The van der Waals surface area contributed by atoms with E-state index in [0.29, 0.717) is 13.1 Å². The molecule has 1 saturated heterocycles. The number of hydrogen-bond donors (Lipinski definition) is 1. The Morgan fingerprint density at radius 1 is 0.960 bits per heavy atom. The predicted octanol–water partition coefficient (Wildman–Crippen LogP) is 1.14. The molecule has 1 aliphatic carbocycles. The summed E-state index contributed by atoms with van der Waals surface area (Å²) >= 11 is 0. The molecule has 2 fully saturated rings. The van der Waals surface area contributed by atoms with Crippen molar-refractivity contribution in [3.8, 4) is 0 Å². The van der Waals surface area contributed by atoms with Gasteiger partial charge in [0.25, 0.3) is 0 Å². The molecule has 1 saturated carbocycles. The van der Waals surface area contributed by atoms with E-state index in [0.717, 1.165) is 51.6 Å². The first-order valence-corrected chi connectivity index (χ1v) is 9.40. The third kappa shape index (κ3) is 5.09. The number of nitrogens with zero attached hydrogens (tertiary/aromatic N) is 3. The molecule has 0 aromatic heterocycles. The van der Waals surface area contributed by atoms with Crippen molar-refractivity contribution in [3.05, 3.63) is 0 Å². The minimum atomic E-state index is -0.212. The monoisotopic (exact) mass is 352 g/mol. The van der Waals surface area contributed by atoms with E-state index < -0.39 is 0 Å². The maximum Gasteiger partial charge on any atom is 0.316 e. The maximum atomic E-state index is 12.9. The van der Waals surface area contributed by atoms with Gasteiger partial charge >= 0.3 is 6.03 Å². The molecule has 0 aromatic carbocycles. The number of amides is 4. The Balaban J connectivity index is 1.90. The Labute approximate surface area is 150 Å². The molecule has 1 heterocycles. The summed E-state index contributed by atoms with van der Waals surface area (Å²) < 4.78 is 0. The Morgan fingerprint density at radius 2 is 1.56 bits per heavy atom. The number of nitrogens with one attached hydrogen (secondary N) is 1. The summed E-state index contributed by atoms with van der Waals surface area (Å²) in [4.78, 5) is 42.3. The van der Waals surface area contributed by atoms with Crippen molar-refractivity contribution in [1.82, 2.24) is 20.0 Å². The predicted molar refractivity (Wildman–Crippen MR) is 96.0 cm³/mol. The second kappa shape index (κ2) is 9.06. The molecule has 7 heteroatoms. The summed E-state index contributed by atoms with van der Waals surface area (Å²) in [6, 6.07) is -0.166. The maximum absolute atomic E-state index is 12.9. The average Bonchev–Trinajstić information content (AvgIpc) is 3.14. The number of carbonyl (C=O) groups excluding carboxylic acids is 3. The first-order valence-electron chi connectivity index (χ1n) is 9.40. The lowest BCUT2D eigenvalue weighted by atomic mass is 9.77. The molecule has 0 bridgehead atoms. The lowest BCUT2D eigenvalue weighted by Crippen LogP contribution is -2.47. The summed E-state index contributed by atoms with van der Waals surface area (Å²) in [5, 5.41) is 2.77. The fraction of sp³-hybridized carbons (Fsp3) is 0.833. The molecule has 2 aliphatic rings. The smallest absolute Gasteiger partial charge is 0.316 e. The molecular formula is C18H32N4O3. The first-order chi connectivity index (χ1) is 11.9. The van der Waals surface area contributed by atoms with E-state index in [1.54, 1.807) is 26.0 Å². The van der Waals surface area contributed by atoms with Gasteiger partial charge in [0, 0.05) is 59.2 Å². The van der Waals surface area contributed by atoms with Gasteiger partial charge in [-0.3, -0.25) is 9.59 Å². The van der Waals surface area contributed by atoms with Crippen molar-refractivity contribution >= 4 is 17.8 Å². The van der Waals surface area contributed by atoms with E-state index in [9.17, 15) is 14.4 Å². The third-order valence-electron chi connectivity index (χ3n) is 5.32. The van der Waals surface area contributed by atoms with E-state index in [1.165, 1.54) is 4.90 Å². The topological polar surface area (TPSA) is 73.0 Å². The number of urea groups is 1. The minimum Gasteiger partial charge on any atom is -0.344 e. The van der Waals surface area contributed by atoms with Gasteiger partial charge in [-0.1, -0.05) is 12.8 Å². The van der Waals surface area contributed by atoms with Crippen LogP contribution in [0.2, 0.25) is 0 Å². The van der Waals surface area contributed by atoms with Crippen LogP contribution in [0.5, 0.6) is 0 Å². The number of carbonyl (C=O) groups is 3. The van der Waals surface area contributed by atoms with Crippen LogP contribution in [-0.4, -0.2) is 79.9 Å². The molecule has 142 valence electrons. The van der Waals surface area contributed by atoms with Gasteiger partial charge in [-0.05, 0) is 25.7 Å². The minimum absolute atomic E-state index is 0.0383. The van der Waals surface area contributed by atoms with Gasteiger partial charge in [0.2, 0.25) is 11.8 Å². The van der Waals surface area contributed by atoms with Crippen molar-refractivity contribution in [2.24, 2.45) is 11.8 Å². The second-order valence-electron chi connectivity index (χ2n) is 7.42. The van der Waals surface area contributed by atoms with Crippen molar-refractivity contribution in [1.29, 1.82) is 0 Å². The molecule has 4 amide bonds. The molecule has 0 radical (unpaired) electrons. The van der Waals surface area contributed by atoms with Crippen LogP contribution in [0.25, 0.3) is 0 Å². The lowest BCUT2D eigenvalue weighted by Gasteiger charge is -2.34. The summed E-state index contributed by atoms with van der Waals surface area (Å²) in [6.07, 6.45) is 5.78. The van der Waals surface area contributed by atoms with Gasteiger partial charge in [0.15, 0.2) is 0 Å². The highest BCUT2D eigenvalue weighted by Crippen LogP contribution is 2.33. The molecule has 25 heavy (non-hydrogen) atoms. The summed E-state index contributed by atoms with van der Waals surface area (Å²) in [5.41, 5.74) is 0. The molecule has 0 aromatic rings.